The summed E-state index contributed by atoms with van der Waals surface area (Å²) in [5, 5.41) is 3.54. The van der Waals surface area contributed by atoms with Crippen molar-refractivity contribution in [1.29, 1.82) is 0 Å². The molecule has 0 saturated carbocycles. The highest BCUT2D eigenvalue weighted by Gasteiger charge is 2.16. The Balaban J connectivity index is 1.83. The molecule has 1 unspecified atom stereocenters. The monoisotopic (exact) mass is 314 g/mol. The standard InChI is InChI=1S/C16H24F2N2S/c1-2-10-20-11-3-4-13(9-12-20)19-14-5-7-15(8-6-14)21-16(17)18/h5-8,13,16,19H,2-4,9-12H2,1H3. The van der Waals surface area contributed by atoms with Crippen LogP contribution in [0.1, 0.15) is 32.6 Å². The van der Waals surface area contributed by atoms with Gasteiger partial charge in [-0.05, 0) is 63.0 Å². The maximum Gasteiger partial charge on any atom is 0.288 e. The summed E-state index contributed by atoms with van der Waals surface area (Å²) in [6.45, 7) is 5.74. The van der Waals surface area contributed by atoms with Gasteiger partial charge in [-0.1, -0.05) is 18.7 Å². The molecule has 0 aliphatic carbocycles. The average Bonchev–Trinajstić information content (AvgIpc) is 2.67. The van der Waals surface area contributed by atoms with Crippen molar-refractivity contribution >= 4 is 17.4 Å². The first-order valence-electron chi connectivity index (χ1n) is 7.71. The second-order valence-electron chi connectivity index (χ2n) is 5.52. The van der Waals surface area contributed by atoms with Gasteiger partial charge in [-0.2, -0.15) is 8.78 Å². The number of anilines is 1. The van der Waals surface area contributed by atoms with Crippen molar-refractivity contribution in [2.45, 2.75) is 49.3 Å². The third kappa shape index (κ3) is 5.83. The van der Waals surface area contributed by atoms with Crippen molar-refractivity contribution in [3.8, 4) is 0 Å². The Labute approximate surface area is 130 Å². The summed E-state index contributed by atoms with van der Waals surface area (Å²) in [5.41, 5.74) is 1.03. The molecule has 1 saturated heterocycles. The Hall–Kier alpha value is -0.810. The van der Waals surface area contributed by atoms with Gasteiger partial charge in [0.25, 0.3) is 5.76 Å². The first-order valence-corrected chi connectivity index (χ1v) is 8.59. The molecule has 1 aromatic rings. The van der Waals surface area contributed by atoms with E-state index in [0.717, 1.165) is 18.7 Å². The molecule has 1 aliphatic heterocycles. The molecule has 1 atom stereocenters. The highest BCUT2D eigenvalue weighted by atomic mass is 32.2. The van der Waals surface area contributed by atoms with Crippen molar-refractivity contribution in [2.75, 3.05) is 25.0 Å². The first-order chi connectivity index (χ1) is 10.2. The third-order valence-electron chi connectivity index (χ3n) is 3.81. The Morgan fingerprint density at radius 3 is 2.67 bits per heavy atom. The average molecular weight is 314 g/mol. The number of hydrogen-bond donors (Lipinski definition) is 1. The summed E-state index contributed by atoms with van der Waals surface area (Å²) in [5.74, 6) is -2.35. The largest absolute Gasteiger partial charge is 0.382 e. The topological polar surface area (TPSA) is 15.3 Å². The summed E-state index contributed by atoms with van der Waals surface area (Å²) < 4.78 is 24.6. The fourth-order valence-corrected chi connectivity index (χ4v) is 3.31. The van der Waals surface area contributed by atoms with Gasteiger partial charge in [0.15, 0.2) is 0 Å². The van der Waals surface area contributed by atoms with Crippen molar-refractivity contribution in [3.05, 3.63) is 24.3 Å². The zero-order valence-electron chi connectivity index (χ0n) is 12.5. The number of thioether (sulfide) groups is 1. The summed E-state index contributed by atoms with van der Waals surface area (Å²) in [6, 6.07) is 7.82. The van der Waals surface area contributed by atoms with Gasteiger partial charge in [0, 0.05) is 23.2 Å². The van der Waals surface area contributed by atoms with E-state index in [1.54, 1.807) is 12.1 Å². The van der Waals surface area contributed by atoms with Gasteiger partial charge < -0.3 is 10.2 Å². The molecule has 2 nitrogen and oxygen atoms in total. The van der Waals surface area contributed by atoms with Gasteiger partial charge in [-0.15, -0.1) is 0 Å². The number of nitrogens with zero attached hydrogens (tertiary/aromatic N) is 1. The Kier molecular flexibility index (Phi) is 6.77. The van der Waals surface area contributed by atoms with E-state index in [1.807, 2.05) is 12.1 Å². The number of hydrogen-bond acceptors (Lipinski definition) is 3. The van der Waals surface area contributed by atoms with Gasteiger partial charge in [-0.3, -0.25) is 0 Å². The lowest BCUT2D eigenvalue weighted by atomic mass is 10.1. The quantitative estimate of drug-likeness (QED) is 0.768. The zero-order valence-corrected chi connectivity index (χ0v) is 13.3. The van der Waals surface area contributed by atoms with Crippen LogP contribution in [0.2, 0.25) is 0 Å². The van der Waals surface area contributed by atoms with Crippen LogP contribution < -0.4 is 5.32 Å². The van der Waals surface area contributed by atoms with Crippen LogP contribution in [0.25, 0.3) is 0 Å². The molecule has 0 radical (unpaired) electrons. The highest BCUT2D eigenvalue weighted by Crippen LogP contribution is 2.26. The molecule has 1 heterocycles. The predicted molar refractivity (Wildman–Crippen MR) is 86.3 cm³/mol. The molecule has 1 aromatic carbocycles. The molecule has 5 heteroatoms. The van der Waals surface area contributed by atoms with Crippen LogP contribution in [0.15, 0.2) is 29.2 Å². The molecular weight excluding hydrogens is 290 g/mol. The summed E-state index contributed by atoms with van der Waals surface area (Å²) in [4.78, 5) is 3.15. The first kappa shape index (κ1) is 16.6. The van der Waals surface area contributed by atoms with Crippen LogP contribution in [0.3, 0.4) is 0 Å². The van der Waals surface area contributed by atoms with E-state index >= 15 is 0 Å². The van der Waals surface area contributed by atoms with Crippen LogP contribution in [-0.4, -0.2) is 36.3 Å². The number of halogens is 2. The van der Waals surface area contributed by atoms with Gasteiger partial charge in [0.2, 0.25) is 0 Å². The molecule has 0 spiro atoms. The van der Waals surface area contributed by atoms with Crippen LogP contribution in [0, 0.1) is 0 Å². The molecule has 118 valence electrons. The Morgan fingerprint density at radius 2 is 2.00 bits per heavy atom. The second kappa shape index (κ2) is 8.59. The normalized spacial score (nSPS) is 20.5. The van der Waals surface area contributed by atoms with Crippen LogP contribution in [-0.2, 0) is 0 Å². The van der Waals surface area contributed by atoms with E-state index < -0.39 is 5.76 Å². The smallest absolute Gasteiger partial charge is 0.288 e. The van der Waals surface area contributed by atoms with E-state index in [-0.39, 0.29) is 0 Å². The van der Waals surface area contributed by atoms with E-state index in [4.69, 9.17) is 0 Å². The van der Waals surface area contributed by atoms with Gasteiger partial charge in [0.05, 0.1) is 0 Å². The van der Waals surface area contributed by atoms with Gasteiger partial charge >= 0.3 is 0 Å². The number of rotatable bonds is 6. The molecule has 0 bridgehead atoms. The van der Waals surface area contributed by atoms with Crippen molar-refractivity contribution in [3.63, 3.8) is 0 Å². The molecule has 1 fully saturated rings. The number of benzene rings is 1. The molecule has 21 heavy (non-hydrogen) atoms. The number of nitrogens with one attached hydrogen (secondary N) is 1. The van der Waals surface area contributed by atoms with Crippen LogP contribution in [0.4, 0.5) is 14.5 Å². The van der Waals surface area contributed by atoms with E-state index in [9.17, 15) is 8.78 Å². The van der Waals surface area contributed by atoms with Gasteiger partial charge in [0.1, 0.15) is 0 Å². The fourth-order valence-electron chi connectivity index (χ4n) is 2.81. The van der Waals surface area contributed by atoms with E-state index in [2.05, 4.69) is 17.1 Å². The van der Waals surface area contributed by atoms with Gasteiger partial charge in [-0.25, -0.2) is 0 Å². The summed E-state index contributed by atoms with van der Waals surface area (Å²) in [6.07, 6.45) is 4.75. The minimum Gasteiger partial charge on any atom is -0.382 e. The lowest BCUT2D eigenvalue weighted by molar-refractivity contribution is 0.252. The maximum absolute atomic E-state index is 12.3. The summed E-state index contributed by atoms with van der Waals surface area (Å²) in [7, 11) is 0. The highest BCUT2D eigenvalue weighted by molar-refractivity contribution is 7.99. The van der Waals surface area contributed by atoms with Crippen LogP contribution >= 0.6 is 11.8 Å². The SMILES string of the molecule is CCCN1CCCC(Nc2ccc(SC(F)F)cc2)CC1. The fraction of sp³-hybridized carbons (Fsp3) is 0.625. The minimum absolute atomic E-state index is 0.487. The molecule has 0 aromatic heterocycles. The summed E-state index contributed by atoms with van der Waals surface area (Å²) >= 11 is 0.595. The minimum atomic E-state index is -2.35. The predicted octanol–water partition coefficient (Wildman–Crippen LogP) is 4.68. The lowest BCUT2D eigenvalue weighted by Crippen LogP contribution is -2.27. The van der Waals surface area contributed by atoms with Crippen molar-refractivity contribution in [2.24, 2.45) is 0 Å². The molecular formula is C16H24F2N2S. The molecule has 1 aliphatic rings. The third-order valence-corrected chi connectivity index (χ3v) is 4.53. The second-order valence-corrected chi connectivity index (χ2v) is 6.58. The molecule has 2 rings (SSSR count). The van der Waals surface area contributed by atoms with Crippen LogP contribution in [0.5, 0.6) is 0 Å². The number of alkyl halides is 2. The van der Waals surface area contributed by atoms with Crippen molar-refractivity contribution < 1.29 is 8.78 Å². The molecule has 0 amide bonds. The Morgan fingerprint density at radius 1 is 1.24 bits per heavy atom. The van der Waals surface area contributed by atoms with Crippen molar-refractivity contribution in [1.82, 2.24) is 4.90 Å². The zero-order chi connectivity index (χ0) is 15.1. The molecule has 1 N–H and O–H groups in total. The Bertz CT molecular complexity index is 411. The maximum atomic E-state index is 12.3. The number of likely N-dealkylation sites (tertiary alicyclic amines) is 1. The lowest BCUT2D eigenvalue weighted by Gasteiger charge is -2.20. The van der Waals surface area contributed by atoms with E-state index in [0.29, 0.717) is 22.7 Å². The van der Waals surface area contributed by atoms with E-state index in [1.165, 1.54) is 32.4 Å².